The van der Waals surface area contributed by atoms with Crippen molar-refractivity contribution in [1.29, 1.82) is 0 Å². The molecule has 2 aromatic carbocycles. The molecule has 2 aliphatic rings. The number of amides is 2. The van der Waals surface area contributed by atoms with Gasteiger partial charge in [0.25, 0.3) is 11.8 Å². The van der Waals surface area contributed by atoms with Gasteiger partial charge >= 0.3 is 0 Å². The SMILES string of the molecule is CSc1ccc(CNC(=O)c2ccc3c(c2)N(C)C2CCCCN2C3=O)cc1. The molecule has 0 radical (unpaired) electrons. The van der Waals surface area contributed by atoms with Crippen molar-refractivity contribution in [2.45, 2.75) is 36.9 Å². The fourth-order valence-electron chi connectivity index (χ4n) is 4.04. The van der Waals surface area contributed by atoms with Crippen molar-refractivity contribution < 1.29 is 9.59 Å². The van der Waals surface area contributed by atoms with Crippen LogP contribution in [0.3, 0.4) is 0 Å². The largest absolute Gasteiger partial charge is 0.354 e. The van der Waals surface area contributed by atoms with Crippen LogP contribution < -0.4 is 10.2 Å². The maximum Gasteiger partial charge on any atom is 0.257 e. The summed E-state index contributed by atoms with van der Waals surface area (Å²) in [7, 11) is 2.02. The molecule has 2 heterocycles. The molecule has 2 amide bonds. The molecule has 5 nitrogen and oxygen atoms in total. The predicted molar refractivity (Wildman–Crippen MR) is 113 cm³/mol. The molecule has 1 unspecified atom stereocenters. The molecule has 146 valence electrons. The molecule has 0 aliphatic carbocycles. The highest BCUT2D eigenvalue weighted by Crippen LogP contribution is 2.34. The van der Waals surface area contributed by atoms with E-state index in [1.54, 1.807) is 23.9 Å². The highest BCUT2D eigenvalue weighted by molar-refractivity contribution is 7.98. The van der Waals surface area contributed by atoms with Gasteiger partial charge in [-0.25, -0.2) is 0 Å². The number of anilines is 1. The van der Waals surface area contributed by atoms with Gasteiger partial charge in [0.15, 0.2) is 0 Å². The van der Waals surface area contributed by atoms with Gasteiger partial charge in [-0.3, -0.25) is 9.59 Å². The number of benzene rings is 2. The first-order chi connectivity index (χ1) is 13.6. The summed E-state index contributed by atoms with van der Waals surface area (Å²) in [6, 6.07) is 13.6. The Hall–Kier alpha value is -2.47. The minimum Gasteiger partial charge on any atom is -0.354 e. The van der Waals surface area contributed by atoms with Crippen molar-refractivity contribution >= 4 is 29.3 Å². The van der Waals surface area contributed by atoms with E-state index in [0.29, 0.717) is 17.7 Å². The molecule has 0 saturated carbocycles. The lowest BCUT2D eigenvalue weighted by atomic mass is 9.97. The molecule has 0 spiro atoms. The monoisotopic (exact) mass is 395 g/mol. The average Bonchev–Trinajstić information content (AvgIpc) is 2.75. The topological polar surface area (TPSA) is 52.7 Å². The maximum atomic E-state index is 12.8. The van der Waals surface area contributed by atoms with Crippen LogP contribution in [-0.2, 0) is 6.54 Å². The molecule has 2 aromatic rings. The van der Waals surface area contributed by atoms with Gasteiger partial charge in [0.2, 0.25) is 0 Å². The summed E-state index contributed by atoms with van der Waals surface area (Å²) in [5, 5.41) is 2.98. The van der Waals surface area contributed by atoms with E-state index in [0.717, 1.165) is 37.1 Å². The quantitative estimate of drug-likeness (QED) is 0.802. The zero-order valence-corrected chi connectivity index (χ0v) is 17.1. The molecular weight excluding hydrogens is 370 g/mol. The third kappa shape index (κ3) is 3.49. The number of carbonyl (C=O) groups is 2. The maximum absolute atomic E-state index is 12.8. The summed E-state index contributed by atoms with van der Waals surface area (Å²) in [5.74, 6) is -0.0395. The summed E-state index contributed by atoms with van der Waals surface area (Å²) < 4.78 is 0. The molecule has 6 heteroatoms. The lowest BCUT2D eigenvalue weighted by Crippen LogP contribution is -2.55. The lowest BCUT2D eigenvalue weighted by molar-refractivity contribution is 0.0589. The standard InChI is InChI=1S/C22H25N3O2S/c1-24-19-13-16(21(26)23-14-15-6-9-17(28-2)10-7-15)8-11-18(19)22(27)25-12-4-3-5-20(24)25/h6-11,13,20H,3-5,12,14H2,1-2H3,(H,23,26). The Morgan fingerprint density at radius 2 is 1.96 bits per heavy atom. The van der Waals surface area contributed by atoms with Crippen LogP contribution >= 0.6 is 11.8 Å². The molecule has 1 atom stereocenters. The van der Waals surface area contributed by atoms with Crippen molar-refractivity contribution in [3.8, 4) is 0 Å². The summed E-state index contributed by atoms with van der Waals surface area (Å²) in [6.45, 7) is 1.29. The Balaban J connectivity index is 1.50. The predicted octanol–water partition coefficient (Wildman–Crippen LogP) is 3.74. The minimum absolute atomic E-state index is 0.0821. The van der Waals surface area contributed by atoms with Crippen LogP contribution in [0.25, 0.3) is 0 Å². The fourth-order valence-corrected chi connectivity index (χ4v) is 4.45. The van der Waals surface area contributed by atoms with Crippen LogP contribution in [0, 0.1) is 0 Å². The van der Waals surface area contributed by atoms with Crippen LogP contribution in [0.5, 0.6) is 0 Å². The van der Waals surface area contributed by atoms with Crippen molar-refractivity contribution in [3.05, 3.63) is 59.2 Å². The Morgan fingerprint density at radius 1 is 1.18 bits per heavy atom. The van der Waals surface area contributed by atoms with Crippen molar-refractivity contribution in [2.24, 2.45) is 0 Å². The number of thioether (sulfide) groups is 1. The number of hydrogen-bond acceptors (Lipinski definition) is 4. The second-order valence-electron chi connectivity index (χ2n) is 7.35. The van der Waals surface area contributed by atoms with Crippen LogP contribution in [0.2, 0.25) is 0 Å². The number of fused-ring (bicyclic) bond motifs is 2. The molecule has 1 N–H and O–H groups in total. The lowest BCUT2D eigenvalue weighted by Gasteiger charge is -2.46. The number of nitrogens with zero attached hydrogens (tertiary/aromatic N) is 2. The van der Waals surface area contributed by atoms with E-state index in [4.69, 9.17) is 0 Å². The van der Waals surface area contributed by atoms with Gasteiger partial charge in [-0.2, -0.15) is 0 Å². The van der Waals surface area contributed by atoms with Crippen LogP contribution in [0.4, 0.5) is 5.69 Å². The minimum atomic E-state index is -0.122. The van der Waals surface area contributed by atoms with E-state index in [1.165, 1.54) is 4.90 Å². The van der Waals surface area contributed by atoms with E-state index in [9.17, 15) is 9.59 Å². The average molecular weight is 396 g/mol. The second kappa shape index (κ2) is 7.87. The molecule has 28 heavy (non-hydrogen) atoms. The van der Waals surface area contributed by atoms with Gasteiger partial charge in [-0.05, 0) is 61.4 Å². The highest BCUT2D eigenvalue weighted by atomic mass is 32.2. The smallest absolute Gasteiger partial charge is 0.257 e. The third-order valence-corrected chi connectivity index (χ3v) is 6.41. The third-order valence-electron chi connectivity index (χ3n) is 5.66. The molecule has 4 rings (SSSR count). The van der Waals surface area contributed by atoms with E-state index < -0.39 is 0 Å². The first-order valence-corrected chi connectivity index (χ1v) is 10.9. The first-order valence-electron chi connectivity index (χ1n) is 9.67. The Morgan fingerprint density at radius 3 is 2.71 bits per heavy atom. The number of carbonyl (C=O) groups excluding carboxylic acids is 2. The molecular formula is C22H25N3O2S. The van der Waals surface area contributed by atoms with E-state index in [-0.39, 0.29) is 18.0 Å². The Bertz CT molecular complexity index is 897. The van der Waals surface area contributed by atoms with Crippen molar-refractivity contribution in [1.82, 2.24) is 10.2 Å². The Labute approximate surface area is 170 Å². The van der Waals surface area contributed by atoms with Gasteiger partial charge < -0.3 is 15.1 Å². The zero-order chi connectivity index (χ0) is 19.7. The van der Waals surface area contributed by atoms with Crippen molar-refractivity contribution in [3.63, 3.8) is 0 Å². The van der Waals surface area contributed by atoms with E-state index in [1.807, 2.05) is 36.4 Å². The van der Waals surface area contributed by atoms with Crippen LogP contribution in [0.1, 0.15) is 45.5 Å². The van der Waals surface area contributed by atoms with Crippen LogP contribution in [0.15, 0.2) is 47.4 Å². The fraction of sp³-hybridized carbons (Fsp3) is 0.364. The summed E-state index contributed by atoms with van der Waals surface area (Å²) in [5.41, 5.74) is 3.19. The molecule has 0 bridgehead atoms. The van der Waals surface area contributed by atoms with E-state index >= 15 is 0 Å². The number of rotatable bonds is 4. The van der Waals surface area contributed by atoms with Gasteiger partial charge in [0.1, 0.15) is 6.17 Å². The number of nitrogens with one attached hydrogen (secondary N) is 1. The number of piperidine rings is 1. The van der Waals surface area contributed by atoms with Gasteiger partial charge in [0, 0.05) is 30.6 Å². The molecule has 0 aromatic heterocycles. The molecule has 1 saturated heterocycles. The zero-order valence-electron chi connectivity index (χ0n) is 16.3. The van der Waals surface area contributed by atoms with Crippen LogP contribution in [-0.4, -0.2) is 42.7 Å². The molecule has 1 fully saturated rings. The van der Waals surface area contributed by atoms with E-state index in [2.05, 4.69) is 22.3 Å². The molecule has 2 aliphatic heterocycles. The van der Waals surface area contributed by atoms with Crippen molar-refractivity contribution in [2.75, 3.05) is 24.7 Å². The normalized spacial score (nSPS) is 18.5. The Kier molecular flexibility index (Phi) is 5.31. The summed E-state index contributed by atoms with van der Waals surface area (Å²) in [4.78, 5) is 30.8. The second-order valence-corrected chi connectivity index (χ2v) is 8.23. The van der Waals surface area contributed by atoms with Gasteiger partial charge in [-0.1, -0.05) is 12.1 Å². The summed E-state index contributed by atoms with van der Waals surface area (Å²) in [6.07, 6.45) is 5.31. The number of hydrogen-bond donors (Lipinski definition) is 1. The van der Waals surface area contributed by atoms with Gasteiger partial charge in [0.05, 0.1) is 11.3 Å². The summed E-state index contributed by atoms with van der Waals surface area (Å²) >= 11 is 1.70. The highest BCUT2D eigenvalue weighted by Gasteiger charge is 2.37. The first kappa shape index (κ1) is 18.9. The van der Waals surface area contributed by atoms with Gasteiger partial charge in [-0.15, -0.1) is 11.8 Å².